The number of carbonyl (C=O) groups excluding carboxylic acids is 1. The Morgan fingerprint density at radius 1 is 1.11 bits per heavy atom. The van der Waals surface area contributed by atoms with Crippen molar-refractivity contribution in [1.82, 2.24) is 0 Å². The lowest BCUT2D eigenvalue weighted by atomic mass is 10.0. The second kappa shape index (κ2) is 4.96. The fourth-order valence-corrected chi connectivity index (χ4v) is 1.86. The molecule has 0 bridgehead atoms. The highest BCUT2D eigenvalue weighted by Gasteiger charge is 2.16. The molecule has 5 heteroatoms. The van der Waals surface area contributed by atoms with Crippen LogP contribution < -0.4 is 5.73 Å². The van der Waals surface area contributed by atoms with Gasteiger partial charge in [-0.1, -0.05) is 29.3 Å². The third-order valence-electron chi connectivity index (χ3n) is 2.46. The standard InChI is InChI=1S/C13H8Cl2FNO/c14-9-3-1-2-8(12(9)16)13(18)7-4-5-11(17)10(15)6-7/h1-6H,17H2. The first-order valence-corrected chi connectivity index (χ1v) is 5.80. The molecule has 0 aliphatic carbocycles. The van der Waals surface area contributed by atoms with Crippen molar-refractivity contribution in [2.24, 2.45) is 0 Å². The molecule has 2 nitrogen and oxygen atoms in total. The van der Waals surface area contributed by atoms with Crippen molar-refractivity contribution >= 4 is 34.7 Å². The Labute approximate surface area is 113 Å². The fourth-order valence-electron chi connectivity index (χ4n) is 1.50. The number of nitrogen functional groups attached to an aromatic ring is 1. The minimum absolute atomic E-state index is 0.0941. The molecule has 0 unspecified atom stereocenters. The number of nitrogens with two attached hydrogens (primary N) is 1. The monoisotopic (exact) mass is 283 g/mol. The van der Waals surface area contributed by atoms with Crippen molar-refractivity contribution in [3.63, 3.8) is 0 Å². The smallest absolute Gasteiger partial charge is 0.196 e. The molecule has 2 rings (SSSR count). The molecule has 0 fully saturated rings. The maximum Gasteiger partial charge on any atom is 0.196 e. The van der Waals surface area contributed by atoms with Crippen LogP contribution in [0.4, 0.5) is 10.1 Å². The summed E-state index contributed by atoms with van der Waals surface area (Å²) in [7, 11) is 0. The van der Waals surface area contributed by atoms with Crippen LogP contribution in [0.3, 0.4) is 0 Å². The van der Waals surface area contributed by atoms with Crippen LogP contribution in [0.1, 0.15) is 15.9 Å². The minimum Gasteiger partial charge on any atom is -0.398 e. The van der Waals surface area contributed by atoms with Crippen molar-refractivity contribution < 1.29 is 9.18 Å². The van der Waals surface area contributed by atoms with Gasteiger partial charge >= 0.3 is 0 Å². The summed E-state index contributed by atoms with van der Waals surface area (Å²) in [5.41, 5.74) is 6.07. The molecular weight excluding hydrogens is 276 g/mol. The third-order valence-corrected chi connectivity index (χ3v) is 3.08. The van der Waals surface area contributed by atoms with Gasteiger partial charge in [-0.25, -0.2) is 4.39 Å². The predicted octanol–water partition coefficient (Wildman–Crippen LogP) is 3.95. The Hall–Kier alpha value is -1.58. The van der Waals surface area contributed by atoms with E-state index in [0.717, 1.165) is 0 Å². The maximum absolute atomic E-state index is 13.7. The first-order chi connectivity index (χ1) is 8.50. The number of anilines is 1. The summed E-state index contributed by atoms with van der Waals surface area (Å²) >= 11 is 11.4. The summed E-state index contributed by atoms with van der Waals surface area (Å²) in [6.07, 6.45) is 0. The minimum atomic E-state index is -0.739. The van der Waals surface area contributed by atoms with E-state index >= 15 is 0 Å². The van der Waals surface area contributed by atoms with Crippen LogP contribution in [0.2, 0.25) is 10.0 Å². The zero-order chi connectivity index (χ0) is 13.3. The van der Waals surface area contributed by atoms with Gasteiger partial charge in [-0.3, -0.25) is 4.79 Å². The Morgan fingerprint density at radius 2 is 1.83 bits per heavy atom. The fraction of sp³-hybridized carbons (Fsp3) is 0. The lowest BCUT2D eigenvalue weighted by Crippen LogP contribution is -2.05. The van der Waals surface area contributed by atoms with Gasteiger partial charge in [0.05, 0.1) is 21.3 Å². The molecule has 0 saturated carbocycles. The summed E-state index contributed by atoms with van der Waals surface area (Å²) < 4.78 is 13.7. The van der Waals surface area contributed by atoms with Crippen molar-refractivity contribution in [2.45, 2.75) is 0 Å². The van der Waals surface area contributed by atoms with Gasteiger partial charge < -0.3 is 5.73 Å². The molecule has 0 radical (unpaired) electrons. The predicted molar refractivity (Wildman–Crippen MR) is 70.7 cm³/mol. The second-order valence-corrected chi connectivity index (χ2v) is 4.48. The van der Waals surface area contributed by atoms with Crippen molar-refractivity contribution in [3.05, 3.63) is 63.4 Å². The number of carbonyl (C=O) groups is 1. The van der Waals surface area contributed by atoms with E-state index in [9.17, 15) is 9.18 Å². The molecule has 92 valence electrons. The summed E-state index contributed by atoms with van der Waals surface area (Å²) in [5.74, 6) is -1.23. The maximum atomic E-state index is 13.7. The topological polar surface area (TPSA) is 43.1 Å². The average Bonchev–Trinajstić information content (AvgIpc) is 2.35. The van der Waals surface area contributed by atoms with Gasteiger partial charge in [-0.05, 0) is 30.3 Å². The highest BCUT2D eigenvalue weighted by molar-refractivity contribution is 6.33. The molecule has 0 aliphatic heterocycles. The molecule has 0 spiro atoms. The van der Waals surface area contributed by atoms with Crippen molar-refractivity contribution in [3.8, 4) is 0 Å². The van der Waals surface area contributed by atoms with E-state index in [1.807, 2.05) is 0 Å². The van der Waals surface area contributed by atoms with E-state index < -0.39 is 11.6 Å². The number of benzene rings is 2. The molecular formula is C13H8Cl2FNO. The molecule has 2 aromatic carbocycles. The summed E-state index contributed by atoms with van der Waals surface area (Å²) in [6, 6.07) is 8.65. The van der Waals surface area contributed by atoms with Gasteiger partial charge in [-0.2, -0.15) is 0 Å². The molecule has 0 saturated heterocycles. The van der Waals surface area contributed by atoms with E-state index in [1.54, 1.807) is 0 Å². The molecule has 18 heavy (non-hydrogen) atoms. The number of rotatable bonds is 2. The van der Waals surface area contributed by atoms with Crippen molar-refractivity contribution in [2.75, 3.05) is 5.73 Å². The Bertz CT molecular complexity index is 628. The SMILES string of the molecule is Nc1ccc(C(=O)c2cccc(Cl)c2F)cc1Cl. The van der Waals surface area contributed by atoms with Crippen LogP contribution in [-0.2, 0) is 0 Å². The molecule has 2 N–H and O–H groups in total. The van der Waals surface area contributed by atoms with Crippen LogP contribution >= 0.6 is 23.2 Å². The highest BCUT2D eigenvalue weighted by atomic mass is 35.5. The van der Waals surface area contributed by atoms with E-state index in [2.05, 4.69) is 0 Å². The molecule has 0 amide bonds. The van der Waals surface area contributed by atoms with E-state index in [4.69, 9.17) is 28.9 Å². The van der Waals surface area contributed by atoms with Crippen LogP contribution in [0, 0.1) is 5.82 Å². The van der Waals surface area contributed by atoms with Gasteiger partial charge in [0, 0.05) is 5.56 Å². The molecule has 0 atom stereocenters. The van der Waals surface area contributed by atoms with Gasteiger partial charge in [0.2, 0.25) is 0 Å². The number of hydrogen-bond donors (Lipinski definition) is 1. The lowest BCUT2D eigenvalue weighted by Gasteiger charge is -2.05. The molecule has 0 aromatic heterocycles. The Balaban J connectivity index is 2.48. The van der Waals surface area contributed by atoms with E-state index in [1.165, 1.54) is 36.4 Å². The molecule has 0 heterocycles. The van der Waals surface area contributed by atoms with Gasteiger partial charge in [0.25, 0.3) is 0 Å². The van der Waals surface area contributed by atoms with Crippen LogP contribution in [-0.4, -0.2) is 5.78 Å². The quantitative estimate of drug-likeness (QED) is 0.670. The highest BCUT2D eigenvalue weighted by Crippen LogP contribution is 2.24. The number of hydrogen-bond acceptors (Lipinski definition) is 2. The lowest BCUT2D eigenvalue weighted by molar-refractivity contribution is 0.103. The summed E-state index contributed by atoms with van der Waals surface area (Å²) in [5, 5.41) is 0.158. The summed E-state index contributed by atoms with van der Waals surface area (Å²) in [4.78, 5) is 12.1. The van der Waals surface area contributed by atoms with Crippen molar-refractivity contribution in [1.29, 1.82) is 0 Å². The van der Waals surface area contributed by atoms with Crippen LogP contribution in [0.15, 0.2) is 36.4 Å². The molecule has 2 aromatic rings. The normalized spacial score (nSPS) is 10.4. The first-order valence-electron chi connectivity index (χ1n) is 5.04. The first kappa shape index (κ1) is 12.9. The largest absolute Gasteiger partial charge is 0.398 e. The zero-order valence-electron chi connectivity index (χ0n) is 9.08. The van der Waals surface area contributed by atoms with Gasteiger partial charge in [0.1, 0.15) is 0 Å². The third kappa shape index (κ3) is 2.33. The Morgan fingerprint density at radius 3 is 2.50 bits per heavy atom. The average molecular weight is 284 g/mol. The second-order valence-electron chi connectivity index (χ2n) is 3.67. The number of ketones is 1. The zero-order valence-corrected chi connectivity index (χ0v) is 10.6. The van der Waals surface area contributed by atoms with Gasteiger partial charge in [-0.15, -0.1) is 0 Å². The molecule has 0 aliphatic rings. The van der Waals surface area contributed by atoms with Crippen LogP contribution in [0.25, 0.3) is 0 Å². The van der Waals surface area contributed by atoms with Gasteiger partial charge in [0.15, 0.2) is 11.6 Å². The Kier molecular flexibility index (Phi) is 3.55. The van der Waals surface area contributed by atoms with E-state index in [0.29, 0.717) is 5.69 Å². The number of halogens is 3. The summed E-state index contributed by atoms with van der Waals surface area (Å²) in [6.45, 7) is 0. The van der Waals surface area contributed by atoms with E-state index in [-0.39, 0.29) is 21.2 Å². The van der Waals surface area contributed by atoms with Crippen LogP contribution in [0.5, 0.6) is 0 Å².